The average molecular weight is 430 g/mol. The molecule has 29 heavy (non-hydrogen) atoms. The van der Waals surface area contributed by atoms with Gasteiger partial charge in [0.05, 0.1) is 35.8 Å². The number of rotatable bonds is 5. The topological polar surface area (TPSA) is 85.2 Å². The fourth-order valence-corrected chi connectivity index (χ4v) is 4.42. The number of ether oxygens (including phenoxy) is 1. The van der Waals surface area contributed by atoms with Crippen LogP contribution >= 0.6 is 11.6 Å². The number of hydrogen-bond donors (Lipinski definition) is 1. The van der Waals surface area contributed by atoms with Crippen molar-refractivity contribution in [2.75, 3.05) is 13.7 Å². The number of allylic oxidation sites excluding steroid dienone is 2. The minimum absolute atomic E-state index is 0.00326. The van der Waals surface area contributed by atoms with E-state index in [1.54, 1.807) is 20.8 Å². The van der Waals surface area contributed by atoms with E-state index >= 15 is 0 Å². The maximum absolute atomic E-state index is 13.3. The number of hydrogen-bond acceptors (Lipinski definition) is 5. The number of nitriles is 1. The fourth-order valence-electron chi connectivity index (χ4n) is 4.20. The summed E-state index contributed by atoms with van der Waals surface area (Å²) in [5, 5.41) is 25.2. The second kappa shape index (κ2) is 8.25. The van der Waals surface area contributed by atoms with Gasteiger partial charge < -0.3 is 20.0 Å². The Labute approximate surface area is 172 Å². The lowest BCUT2D eigenvalue weighted by atomic mass is 9.57. The number of carboxylic acid groups (broad SMARTS) is 1. The molecule has 0 aromatic heterocycles. The number of alkyl halides is 3. The molecule has 1 aliphatic heterocycles. The molecule has 0 saturated carbocycles. The Kier molecular flexibility index (Phi) is 6.55. The van der Waals surface area contributed by atoms with Crippen LogP contribution in [0.1, 0.15) is 37.8 Å². The van der Waals surface area contributed by atoms with Gasteiger partial charge in [0, 0.05) is 29.2 Å². The molecule has 0 bridgehead atoms. The number of halogens is 4. The number of carbonyl (C=O) groups excluding carboxylic acids is 1. The van der Waals surface area contributed by atoms with E-state index in [-0.39, 0.29) is 22.8 Å². The lowest BCUT2D eigenvalue weighted by Crippen LogP contribution is -2.64. The van der Waals surface area contributed by atoms with Gasteiger partial charge in [-0.3, -0.25) is 0 Å². The Morgan fingerprint density at radius 1 is 1.45 bits per heavy atom. The molecule has 2 rings (SSSR count). The van der Waals surface area contributed by atoms with Crippen LogP contribution in [0.15, 0.2) is 29.5 Å². The van der Waals surface area contributed by atoms with E-state index in [2.05, 4.69) is 5.32 Å². The first-order valence-corrected chi connectivity index (χ1v) is 9.25. The zero-order valence-corrected chi connectivity index (χ0v) is 17.1. The molecular weight excluding hydrogens is 409 g/mol. The average Bonchev–Trinajstić information content (AvgIpc) is 2.60. The van der Waals surface area contributed by atoms with Gasteiger partial charge in [0.2, 0.25) is 0 Å². The summed E-state index contributed by atoms with van der Waals surface area (Å²) >= 11 is 6.25. The number of aliphatic carboxylic acids is 1. The smallest absolute Gasteiger partial charge is 0.416 e. The predicted octanol–water partition coefficient (Wildman–Crippen LogP) is 3.25. The Morgan fingerprint density at radius 2 is 2.07 bits per heavy atom. The summed E-state index contributed by atoms with van der Waals surface area (Å²) in [4.78, 5) is 12.5. The fraction of sp³-hybridized carbons (Fsp3) is 0.500. The maximum atomic E-state index is 13.3. The zero-order valence-electron chi connectivity index (χ0n) is 16.4. The second-order valence-electron chi connectivity index (χ2n) is 7.34. The van der Waals surface area contributed by atoms with Crippen LogP contribution < -0.4 is 10.4 Å². The van der Waals surface area contributed by atoms with Crippen LogP contribution in [0.2, 0.25) is 5.02 Å². The minimum Gasteiger partial charge on any atom is -0.549 e. The van der Waals surface area contributed by atoms with Crippen molar-refractivity contribution in [2.45, 2.75) is 38.9 Å². The number of nitrogens with zero attached hydrogens (tertiary/aromatic N) is 1. The highest BCUT2D eigenvalue weighted by molar-refractivity contribution is 6.31. The van der Waals surface area contributed by atoms with Crippen molar-refractivity contribution in [3.63, 3.8) is 0 Å². The molecule has 3 unspecified atom stereocenters. The van der Waals surface area contributed by atoms with Crippen molar-refractivity contribution in [1.82, 2.24) is 5.32 Å². The SMILES string of the molecule is COCC1NC(C)=C(C#N)C(c2cc(C(F)(F)F)ccc2Cl)C1(C(=O)[O-])C(C)C. The van der Waals surface area contributed by atoms with Crippen LogP contribution in [0.4, 0.5) is 13.2 Å². The van der Waals surface area contributed by atoms with Crippen LogP contribution in [-0.4, -0.2) is 25.7 Å². The molecule has 3 atom stereocenters. The second-order valence-corrected chi connectivity index (χ2v) is 7.75. The molecule has 1 heterocycles. The van der Waals surface area contributed by atoms with Crippen molar-refractivity contribution in [3.8, 4) is 6.07 Å². The molecule has 9 heteroatoms. The molecule has 1 aliphatic rings. The first kappa shape index (κ1) is 23.0. The van der Waals surface area contributed by atoms with Crippen molar-refractivity contribution in [1.29, 1.82) is 5.26 Å². The first-order chi connectivity index (χ1) is 13.4. The van der Waals surface area contributed by atoms with E-state index in [4.69, 9.17) is 16.3 Å². The molecule has 1 aromatic carbocycles. The van der Waals surface area contributed by atoms with E-state index in [0.29, 0.717) is 5.70 Å². The molecule has 1 aromatic rings. The summed E-state index contributed by atoms with van der Waals surface area (Å²) in [6.07, 6.45) is -4.66. The van der Waals surface area contributed by atoms with Crippen LogP contribution in [0.5, 0.6) is 0 Å². The molecule has 0 radical (unpaired) electrons. The molecule has 0 amide bonds. The van der Waals surface area contributed by atoms with Gasteiger partial charge in [-0.25, -0.2) is 0 Å². The predicted molar refractivity (Wildman–Crippen MR) is 98.6 cm³/mol. The quantitative estimate of drug-likeness (QED) is 0.776. The largest absolute Gasteiger partial charge is 0.549 e. The van der Waals surface area contributed by atoms with E-state index in [9.17, 15) is 28.3 Å². The third kappa shape index (κ3) is 3.81. The van der Waals surface area contributed by atoms with Crippen LogP contribution in [0.3, 0.4) is 0 Å². The molecular formula is C20H21ClF3N2O3-. The van der Waals surface area contributed by atoms with Crippen molar-refractivity contribution >= 4 is 17.6 Å². The molecule has 5 nitrogen and oxygen atoms in total. The van der Waals surface area contributed by atoms with Gasteiger partial charge in [0.15, 0.2) is 0 Å². The number of nitrogens with one attached hydrogen (secondary N) is 1. The standard InChI is InChI=1S/C20H22ClF3N2O3/c1-10(2)19(18(27)28)16(9-29-4)26-11(3)14(8-25)17(19)13-7-12(20(22,23)24)5-6-15(13)21/h5-7,10,16-17,26H,9H2,1-4H3,(H,27,28)/p-1. The lowest BCUT2D eigenvalue weighted by Gasteiger charge is -2.53. The Hall–Kier alpha value is -2.24. The van der Waals surface area contributed by atoms with Gasteiger partial charge in [-0.05, 0) is 36.6 Å². The monoisotopic (exact) mass is 429 g/mol. The van der Waals surface area contributed by atoms with E-state index in [0.717, 1.165) is 18.2 Å². The van der Waals surface area contributed by atoms with Crippen molar-refractivity contribution < 1.29 is 27.8 Å². The van der Waals surface area contributed by atoms with Gasteiger partial charge in [-0.2, -0.15) is 18.4 Å². The summed E-state index contributed by atoms with van der Waals surface area (Å²) < 4.78 is 45.2. The highest BCUT2D eigenvalue weighted by Gasteiger charge is 2.55. The molecule has 1 N–H and O–H groups in total. The van der Waals surface area contributed by atoms with Gasteiger partial charge >= 0.3 is 6.18 Å². The van der Waals surface area contributed by atoms with Gasteiger partial charge in [0.1, 0.15) is 0 Å². The zero-order chi connectivity index (χ0) is 22.1. The molecule has 0 saturated heterocycles. The summed E-state index contributed by atoms with van der Waals surface area (Å²) in [6, 6.07) is 3.80. The number of methoxy groups -OCH3 is 1. The lowest BCUT2D eigenvalue weighted by molar-refractivity contribution is -0.325. The van der Waals surface area contributed by atoms with Crippen LogP contribution in [0.25, 0.3) is 0 Å². The Bertz CT molecular complexity index is 877. The molecule has 0 fully saturated rings. The summed E-state index contributed by atoms with van der Waals surface area (Å²) in [5.41, 5.74) is -2.50. The van der Waals surface area contributed by atoms with Crippen LogP contribution in [0, 0.1) is 22.7 Å². The molecule has 158 valence electrons. The number of carbonyl (C=O) groups is 1. The van der Waals surface area contributed by atoms with Crippen molar-refractivity contribution in [3.05, 3.63) is 45.6 Å². The first-order valence-electron chi connectivity index (χ1n) is 8.87. The highest BCUT2D eigenvalue weighted by Crippen LogP contribution is 2.53. The van der Waals surface area contributed by atoms with Gasteiger partial charge in [-0.15, -0.1) is 0 Å². The summed E-state index contributed by atoms with van der Waals surface area (Å²) in [7, 11) is 1.38. The number of carboxylic acids is 1. The maximum Gasteiger partial charge on any atom is 0.416 e. The molecule has 0 aliphatic carbocycles. The Balaban J connectivity index is 2.94. The van der Waals surface area contributed by atoms with Crippen molar-refractivity contribution in [2.24, 2.45) is 11.3 Å². The summed E-state index contributed by atoms with van der Waals surface area (Å²) in [6.45, 7) is 4.74. The normalized spacial score (nSPS) is 25.0. The van der Waals surface area contributed by atoms with Crippen LogP contribution in [-0.2, 0) is 15.7 Å². The van der Waals surface area contributed by atoms with E-state index in [1.165, 1.54) is 7.11 Å². The van der Waals surface area contributed by atoms with E-state index in [1.807, 2.05) is 6.07 Å². The number of benzene rings is 1. The highest BCUT2D eigenvalue weighted by atomic mass is 35.5. The minimum atomic E-state index is -4.66. The third-order valence-corrected chi connectivity index (χ3v) is 5.88. The Morgan fingerprint density at radius 3 is 2.52 bits per heavy atom. The van der Waals surface area contributed by atoms with Gasteiger partial charge in [0.25, 0.3) is 0 Å². The van der Waals surface area contributed by atoms with Gasteiger partial charge in [-0.1, -0.05) is 25.4 Å². The third-order valence-electron chi connectivity index (χ3n) is 5.53. The van der Waals surface area contributed by atoms with E-state index < -0.39 is 41.0 Å². The summed E-state index contributed by atoms with van der Waals surface area (Å²) in [5.74, 6) is -3.39. The molecule has 0 spiro atoms.